The maximum absolute atomic E-state index is 8.52. The first-order chi connectivity index (χ1) is 18.7. The average Bonchev–Trinajstić information content (AvgIpc) is 3.00. The SMILES string of the molecule is CC.CC.CC.CC(C)c1ccc(C#N)cc1.[C-]#[N+]c1cccc(C(C)C)c1.[C-]#[N+]c1ccccc1C(C)C. The lowest BCUT2D eigenvalue weighted by Crippen LogP contribution is -1.85. The predicted octanol–water partition coefficient (Wildman–Crippen LogP) is 12.5. The molecular weight excluding hydrogens is 474 g/mol. The largest absolute Gasteiger partial charge is 0.238 e. The molecule has 0 atom stereocenters. The van der Waals surface area contributed by atoms with Crippen LogP contribution in [-0.2, 0) is 0 Å². The number of para-hydroxylation sites is 1. The van der Waals surface area contributed by atoms with Crippen molar-refractivity contribution in [1.29, 1.82) is 5.26 Å². The molecule has 39 heavy (non-hydrogen) atoms. The Balaban J connectivity index is -0.000000453. The summed E-state index contributed by atoms with van der Waals surface area (Å²) in [5.74, 6) is 1.50. The van der Waals surface area contributed by atoms with Crippen LogP contribution in [0.15, 0.2) is 72.8 Å². The summed E-state index contributed by atoms with van der Waals surface area (Å²) in [6, 6.07) is 25.3. The van der Waals surface area contributed by atoms with E-state index in [4.69, 9.17) is 18.4 Å². The molecule has 210 valence electrons. The lowest BCUT2D eigenvalue weighted by Gasteiger charge is -2.05. The van der Waals surface area contributed by atoms with Gasteiger partial charge in [-0.05, 0) is 41.0 Å². The second kappa shape index (κ2) is 25.8. The van der Waals surface area contributed by atoms with Gasteiger partial charge in [0.15, 0.2) is 11.4 Å². The Labute approximate surface area is 241 Å². The minimum absolute atomic E-state index is 0.445. The molecular formula is C36H51N3. The van der Waals surface area contributed by atoms with Crippen molar-refractivity contribution in [2.45, 2.75) is 101 Å². The molecule has 3 aromatic carbocycles. The summed E-state index contributed by atoms with van der Waals surface area (Å²) in [6.45, 7) is 38.4. The fraction of sp³-hybridized carbons (Fsp3) is 0.417. The van der Waals surface area contributed by atoms with Crippen molar-refractivity contribution in [2.24, 2.45) is 0 Å². The van der Waals surface area contributed by atoms with Crippen LogP contribution in [0.5, 0.6) is 0 Å². The average molecular weight is 526 g/mol. The number of nitrogens with zero attached hydrogens (tertiary/aromatic N) is 3. The molecule has 0 spiro atoms. The Morgan fingerprint density at radius 2 is 1.10 bits per heavy atom. The van der Waals surface area contributed by atoms with Gasteiger partial charge in [0.25, 0.3) is 0 Å². The Bertz CT molecular complexity index is 1120. The van der Waals surface area contributed by atoms with Crippen molar-refractivity contribution < 1.29 is 0 Å². The normalized spacial score (nSPS) is 8.62. The van der Waals surface area contributed by atoms with Gasteiger partial charge in [0, 0.05) is 0 Å². The highest BCUT2D eigenvalue weighted by Crippen LogP contribution is 2.25. The number of hydrogen-bond donors (Lipinski definition) is 0. The molecule has 3 aromatic rings. The minimum Gasteiger partial charge on any atom is -0.238 e. The Morgan fingerprint density at radius 3 is 1.49 bits per heavy atom. The standard InChI is InChI=1S/3C10H11N.3C2H6/c1-8(2)9-5-4-6-10(7-9)11-3;1-8(2)9-6-4-5-7-10(9)11-3;1-8(2)10-5-3-9(7-11)4-6-10;3*1-2/h2*4-8H,1-2H3;3-6,8H,1-2H3;3*1-2H3. The van der Waals surface area contributed by atoms with Crippen LogP contribution in [0.4, 0.5) is 11.4 Å². The molecule has 3 nitrogen and oxygen atoms in total. The van der Waals surface area contributed by atoms with Gasteiger partial charge in [0.1, 0.15) is 0 Å². The molecule has 0 unspecified atom stereocenters. The van der Waals surface area contributed by atoms with E-state index in [9.17, 15) is 0 Å². The van der Waals surface area contributed by atoms with Crippen molar-refractivity contribution in [2.75, 3.05) is 0 Å². The van der Waals surface area contributed by atoms with Crippen molar-refractivity contribution >= 4 is 11.4 Å². The van der Waals surface area contributed by atoms with Gasteiger partial charge >= 0.3 is 0 Å². The summed E-state index contributed by atoms with van der Waals surface area (Å²) in [5.41, 5.74) is 5.90. The number of hydrogen-bond acceptors (Lipinski definition) is 1. The lowest BCUT2D eigenvalue weighted by molar-refractivity contribution is 0.866. The second-order valence-corrected chi connectivity index (χ2v) is 8.58. The van der Waals surface area contributed by atoms with Crippen molar-refractivity contribution in [3.05, 3.63) is 118 Å². The van der Waals surface area contributed by atoms with E-state index in [1.54, 1.807) is 0 Å². The molecule has 0 aromatic heterocycles. The van der Waals surface area contributed by atoms with Crippen LogP contribution in [-0.4, -0.2) is 0 Å². The third kappa shape index (κ3) is 17.3. The predicted molar refractivity (Wildman–Crippen MR) is 173 cm³/mol. The van der Waals surface area contributed by atoms with Crippen LogP contribution in [0.25, 0.3) is 9.69 Å². The van der Waals surface area contributed by atoms with Crippen molar-refractivity contribution in [3.63, 3.8) is 0 Å². The van der Waals surface area contributed by atoms with Crippen LogP contribution >= 0.6 is 0 Å². The minimum atomic E-state index is 0.445. The summed E-state index contributed by atoms with van der Waals surface area (Å²) in [5, 5.41) is 8.52. The highest BCUT2D eigenvalue weighted by molar-refractivity contribution is 5.53. The van der Waals surface area contributed by atoms with Crippen LogP contribution in [0, 0.1) is 24.5 Å². The lowest BCUT2D eigenvalue weighted by atomic mass is 10.0. The van der Waals surface area contributed by atoms with Gasteiger partial charge in [-0.25, -0.2) is 9.69 Å². The first kappa shape index (κ1) is 39.6. The summed E-state index contributed by atoms with van der Waals surface area (Å²) < 4.78 is 0. The first-order valence-electron chi connectivity index (χ1n) is 14.2. The zero-order valence-corrected chi connectivity index (χ0v) is 26.5. The molecule has 3 rings (SSSR count). The van der Waals surface area contributed by atoms with Gasteiger partial charge in [-0.1, -0.05) is 149 Å². The second-order valence-electron chi connectivity index (χ2n) is 8.58. The van der Waals surface area contributed by atoms with E-state index in [0.29, 0.717) is 17.8 Å². The van der Waals surface area contributed by atoms with E-state index in [-0.39, 0.29) is 0 Å². The molecule has 0 saturated carbocycles. The zero-order valence-electron chi connectivity index (χ0n) is 26.5. The van der Waals surface area contributed by atoms with Gasteiger partial charge < -0.3 is 0 Å². The summed E-state index contributed by atoms with van der Waals surface area (Å²) in [7, 11) is 0. The molecule has 0 saturated heterocycles. The third-order valence-corrected chi connectivity index (χ3v) is 5.05. The smallest absolute Gasteiger partial charge is 0.190 e. The molecule has 0 radical (unpaired) electrons. The van der Waals surface area contributed by atoms with E-state index in [0.717, 1.165) is 22.5 Å². The van der Waals surface area contributed by atoms with Crippen LogP contribution in [0.1, 0.15) is 123 Å². The maximum atomic E-state index is 8.52. The topological polar surface area (TPSA) is 32.5 Å². The van der Waals surface area contributed by atoms with E-state index in [1.807, 2.05) is 108 Å². The van der Waals surface area contributed by atoms with E-state index in [2.05, 4.69) is 63.4 Å². The molecule has 3 heteroatoms. The molecule has 0 aliphatic rings. The number of nitriles is 1. The Kier molecular flexibility index (Phi) is 26.2. The van der Waals surface area contributed by atoms with E-state index >= 15 is 0 Å². The highest BCUT2D eigenvalue weighted by atomic mass is 14.6. The molecule has 0 fully saturated rings. The van der Waals surface area contributed by atoms with Gasteiger partial charge in [-0.3, -0.25) is 0 Å². The fourth-order valence-corrected chi connectivity index (χ4v) is 2.97. The third-order valence-electron chi connectivity index (χ3n) is 5.05. The zero-order chi connectivity index (χ0) is 30.8. The Hall–Kier alpha value is -3.87. The number of rotatable bonds is 3. The monoisotopic (exact) mass is 525 g/mol. The summed E-state index contributed by atoms with van der Waals surface area (Å²) >= 11 is 0. The maximum Gasteiger partial charge on any atom is 0.190 e. The number of benzene rings is 3. The van der Waals surface area contributed by atoms with Gasteiger partial charge in [0.2, 0.25) is 0 Å². The van der Waals surface area contributed by atoms with E-state index < -0.39 is 0 Å². The quantitative estimate of drug-likeness (QED) is 0.313. The first-order valence-corrected chi connectivity index (χ1v) is 14.2. The molecule has 0 aliphatic heterocycles. The van der Waals surface area contributed by atoms with Crippen molar-refractivity contribution in [1.82, 2.24) is 0 Å². The van der Waals surface area contributed by atoms with Crippen LogP contribution < -0.4 is 0 Å². The molecule has 0 amide bonds. The van der Waals surface area contributed by atoms with Gasteiger partial charge in [-0.15, -0.1) is 0 Å². The Morgan fingerprint density at radius 1 is 0.590 bits per heavy atom. The molecule has 0 aliphatic carbocycles. The fourth-order valence-electron chi connectivity index (χ4n) is 2.97. The summed E-state index contributed by atoms with van der Waals surface area (Å²) in [4.78, 5) is 6.81. The van der Waals surface area contributed by atoms with Gasteiger partial charge in [0.05, 0.1) is 24.8 Å². The van der Waals surface area contributed by atoms with E-state index in [1.165, 1.54) is 11.1 Å². The molecule has 0 N–H and O–H groups in total. The van der Waals surface area contributed by atoms with Crippen LogP contribution in [0.2, 0.25) is 0 Å². The highest BCUT2D eigenvalue weighted by Gasteiger charge is 2.03. The summed E-state index contributed by atoms with van der Waals surface area (Å²) in [6.07, 6.45) is 0. The van der Waals surface area contributed by atoms with Crippen LogP contribution in [0.3, 0.4) is 0 Å². The van der Waals surface area contributed by atoms with Gasteiger partial charge in [-0.2, -0.15) is 5.26 Å². The molecule has 0 bridgehead atoms. The molecule has 0 heterocycles. The van der Waals surface area contributed by atoms with Crippen molar-refractivity contribution in [3.8, 4) is 6.07 Å².